The SMILES string of the molecule is C[C](C)CCC(O)c1ccsc1. The van der Waals surface area contributed by atoms with Crippen molar-refractivity contribution in [2.75, 3.05) is 0 Å². The second-order valence-corrected chi connectivity index (χ2v) is 4.10. The zero-order valence-corrected chi connectivity index (χ0v) is 8.40. The van der Waals surface area contributed by atoms with Crippen LogP contribution >= 0.6 is 11.3 Å². The molecule has 1 aromatic rings. The van der Waals surface area contributed by atoms with Gasteiger partial charge in [-0.3, -0.25) is 0 Å². The summed E-state index contributed by atoms with van der Waals surface area (Å²) in [6.07, 6.45) is 1.59. The summed E-state index contributed by atoms with van der Waals surface area (Å²) in [6.45, 7) is 4.20. The zero-order valence-electron chi connectivity index (χ0n) is 7.58. The molecule has 0 aromatic carbocycles. The van der Waals surface area contributed by atoms with Crippen LogP contribution in [0.5, 0.6) is 0 Å². The molecule has 0 fully saturated rings. The van der Waals surface area contributed by atoms with E-state index < -0.39 is 0 Å². The lowest BCUT2D eigenvalue weighted by Gasteiger charge is -2.09. The number of hydrogen-bond acceptors (Lipinski definition) is 2. The van der Waals surface area contributed by atoms with Crippen molar-refractivity contribution in [3.8, 4) is 0 Å². The van der Waals surface area contributed by atoms with E-state index in [-0.39, 0.29) is 6.10 Å². The minimum atomic E-state index is -0.272. The predicted octanol–water partition coefficient (Wildman–Crippen LogP) is 3.18. The van der Waals surface area contributed by atoms with Gasteiger partial charge in [0.05, 0.1) is 6.10 Å². The van der Waals surface area contributed by atoms with Gasteiger partial charge in [-0.05, 0) is 41.1 Å². The maximum Gasteiger partial charge on any atom is 0.0798 e. The fourth-order valence-electron chi connectivity index (χ4n) is 1.06. The van der Waals surface area contributed by atoms with Crippen LogP contribution in [0.25, 0.3) is 0 Å². The Morgan fingerprint density at radius 3 is 2.83 bits per heavy atom. The molecule has 0 amide bonds. The Bertz CT molecular complexity index is 204. The maximum absolute atomic E-state index is 9.65. The van der Waals surface area contributed by atoms with E-state index in [9.17, 15) is 5.11 Å². The van der Waals surface area contributed by atoms with Crippen LogP contribution < -0.4 is 0 Å². The summed E-state index contributed by atoms with van der Waals surface area (Å²) < 4.78 is 0. The average molecular weight is 183 g/mol. The van der Waals surface area contributed by atoms with E-state index in [1.807, 2.05) is 16.8 Å². The number of rotatable bonds is 4. The second kappa shape index (κ2) is 4.63. The lowest BCUT2D eigenvalue weighted by atomic mass is 10.0. The third-order valence-corrected chi connectivity index (χ3v) is 2.55. The van der Waals surface area contributed by atoms with Crippen LogP contribution in [-0.2, 0) is 0 Å². The second-order valence-electron chi connectivity index (χ2n) is 3.32. The summed E-state index contributed by atoms with van der Waals surface area (Å²) in [5, 5.41) is 13.7. The normalized spacial score (nSPS) is 13.7. The van der Waals surface area contributed by atoms with Gasteiger partial charge in [0.25, 0.3) is 0 Å². The zero-order chi connectivity index (χ0) is 8.97. The first kappa shape index (κ1) is 9.75. The van der Waals surface area contributed by atoms with Crippen molar-refractivity contribution >= 4 is 11.3 Å². The van der Waals surface area contributed by atoms with Crippen LogP contribution in [-0.4, -0.2) is 5.11 Å². The Morgan fingerprint density at radius 1 is 1.58 bits per heavy atom. The molecular formula is C10H15OS. The van der Waals surface area contributed by atoms with Gasteiger partial charge in [0, 0.05) is 0 Å². The first-order chi connectivity index (χ1) is 5.70. The third-order valence-electron chi connectivity index (χ3n) is 1.85. The molecule has 1 unspecified atom stereocenters. The van der Waals surface area contributed by atoms with Crippen LogP contribution in [0, 0.1) is 5.92 Å². The summed E-state index contributed by atoms with van der Waals surface area (Å²) >= 11 is 1.64. The van der Waals surface area contributed by atoms with Crippen LogP contribution in [0.2, 0.25) is 0 Å². The van der Waals surface area contributed by atoms with Crippen LogP contribution in [0.15, 0.2) is 16.8 Å². The monoisotopic (exact) mass is 183 g/mol. The Kier molecular flexibility index (Phi) is 3.76. The molecule has 1 N–H and O–H groups in total. The first-order valence-electron chi connectivity index (χ1n) is 4.19. The van der Waals surface area contributed by atoms with Crippen molar-refractivity contribution in [3.63, 3.8) is 0 Å². The minimum absolute atomic E-state index is 0.272. The summed E-state index contributed by atoms with van der Waals surface area (Å²) in [7, 11) is 0. The Hall–Kier alpha value is -0.340. The molecule has 0 saturated carbocycles. The Labute approximate surface area is 78.1 Å². The fraction of sp³-hybridized carbons (Fsp3) is 0.500. The van der Waals surface area contributed by atoms with Gasteiger partial charge in [-0.1, -0.05) is 13.8 Å². The third kappa shape index (κ3) is 2.95. The van der Waals surface area contributed by atoms with E-state index in [1.54, 1.807) is 11.3 Å². The fourth-order valence-corrected chi connectivity index (χ4v) is 1.76. The highest BCUT2D eigenvalue weighted by atomic mass is 32.1. The van der Waals surface area contributed by atoms with Crippen molar-refractivity contribution in [2.24, 2.45) is 0 Å². The standard InChI is InChI=1S/C10H15OS/c1-8(2)3-4-10(11)9-5-6-12-7-9/h5-7,10-11H,3-4H2,1-2H3. The summed E-state index contributed by atoms with van der Waals surface area (Å²) in [5.74, 6) is 1.38. The molecule has 1 heterocycles. The van der Waals surface area contributed by atoms with E-state index in [2.05, 4.69) is 13.8 Å². The van der Waals surface area contributed by atoms with Gasteiger partial charge in [-0.2, -0.15) is 11.3 Å². The van der Waals surface area contributed by atoms with Crippen molar-refractivity contribution in [1.29, 1.82) is 0 Å². The summed E-state index contributed by atoms with van der Waals surface area (Å²) in [6, 6.07) is 1.99. The van der Waals surface area contributed by atoms with E-state index in [0.717, 1.165) is 18.4 Å². The molecule has 1 nitrogen and oxygen atoms in total. The van der Waals surface area contributed by atoms with Crippen molar-refractivity contribution in [2.45, 2.75) is 32.8 Å². The Balaban J connectivity index is 2.34. The van der Waals surface area contributed by atoms with E-state index in [0.29, 0.717) is 0 Å². The number of aliphatic hydroxyl groups is 1. The van der Waals surface area contributed by atoms with Crippen molar-refractivity contribution in [3.05, 3.63) is 28.3 Å². The van der Waals surface area contributed by atoms with Crippen molar-refractivity contribution in [1.82, 2.24) is 0 Å². The van der Waals surface area contributed by atoms with Crippen molar-refractivity contribution < 1.29 is 5.11 Å². The molecule has 67 valence electrons. The minimum Gasteiger partial charge on any atom is -0.388 e. The van der Waals surface area contributed by atoms with Gasteiger partial charge in [-0.15, -0.1) is 0 Å². The Morgan fingerprint density at radius 2 is 2.33 bits per heavy atom. The molecule has 1 aromatic heterocycles. The largest absolute Gasteiger partial charge is 0.388 e. The van der Waals surface area contributed by atoms with E-state index in [4.69, 9.17) is 0 Å². The molecular weight excluding hydrogens is 168 g/mol. The number of thiophene rings is 1. The van der Waals surface area contributed by atoms with Crippen LogP contribution in [0.3, 0.4) is 0 Å². The maximum atomic E-state index is 9.65. The highest BCUT2D eigenvalue weighted by molar-refractivity contribution is 7.07. The molecule has 0 aliphatic rings. The molecule has 1 rings (SSSR count). The van der Waals surface area contributed by atoms with Crippen LogP contribution in [0.4, 0.5) is 0 Å². The molecule has 0 aliphatic carbocycles. The van der Waals surface area contributed by atoms with E-state index >= 15 is 0 Å². The number of aliphatic hydroxyl groups excluding tert-OH is 1. The molecule has 0 aliphatic heterocycles. The topological polar surface area (TPSA) is 20.2 Å². The molecule has 1 radical (unpaired) electrons. The van der Waals surface area contributed by atoms with Gasteiger partial charge < -0.3 is 5.11 Å². The van der Waals surface area contributed by atoms with Gasteiger partial charge in [0.1, 0.15) is 0 Å². The molecule has 1 atom stereocenters. The predicted molar refractivity (Wildman–Crippen MR) is 53.1 cm³/mol. The quantitative estimate of drug-likeness (QED) is 0.760. The summed E-state index contributed by atoms with van der Waals surface area (Å²) in [5.41, 5.74) is 1.06. The highest BCUT2D eigenvalue weighted by Gasteiger charge is 2.07. The lowest BCUT2D eigenvalue weighted by molar-refractivity contribution is 0.166. The van der Waals surface area contributed by atoms with Gasteiger partial charge in [0.2, 0.25) is 0 Å². The summed E-state index contributed by atoms with van der Waals surface area (Å²) in [4.78, 5) is 0. The molecule has 0 bridgehead atoms. The molecule has 12 heavy (non-hydrogen) atoms. The van der Waals surface area contributed by atoms with Gasteiger partial charge in [0.15, 0.2) is 0 Å². The highest BCUT2D eigenvalue weighted by Crippen LogP contribution is 2.22. The average Bonchev–Trinajstić information content (AvgIpc) is 2.51. The first-order valence-corrected chi connectivity index (χ1v) is 5.13. The molecule has 0 saturated heterocycles. The van der Waals surface area contributed by atoms with Crippen LogP contribution in [0.1, 0.15) is 38.4 Å². The molecule has 0 spiro atoms. The van der Waals surface area contributed by atoms with Gasteiger partial charge in [-0.25, -0.2) is 0 Å². The number of hydrogen-bond donors (Lipinski definition) is 1. The van der Waals surface area contributed by atoms with E-state index in [1.165, 1.54) is 5.92 Å². The lowest BCUT2D eigenvalue weighted by Crippen LogP contribution is -1.97. The smallest absolute Gasteiger partial charge is 0.0798 e. The van der Waals surface area contributed by atoms with Gasteiger partial charge >= 0.3 is 0 Å². The molecule has 2 heteroatoms.